The summed E-state index contributed by atoms with van der Waals surface area (Å²) >= 11 is 0. The molecule has 1 amide bonds. The molecule has 0 radical (unpaired) electrons. The lowest BCUT2D eigenvalue weighted by Gasteiger charge is -2.18. The van der Waals surface area contributed by atoms with Gasteiger partial charge in [0.25, 0.3) is 0 Å². The Morgan fingerprint density at radius 1 is 1.15 bits per heavy atom. The van der Waals surface area contributed by atoms with Gasteiger partial charge in [-0.25, -0.2) is 8.42 Å². The Labute approximate surface area is 161 Å². The lowest BCUT2D eigenvalue weighted by Crippen LogP contribution is -2.31. The van der Waals surface area contributed by atoms with Gasteiger partial charge in [-0.15, -0.1) is 0 Å². The normalized spacial score (nSPS) is 19.5. The van der Waals surface area contributed by atoms with Gasteiger partial charge in [0.05, 0.1) is 17.4 Å². The summed E-state index contributed by atoms with van der Waals surface area (Å²) in [4.78, 5) is 16.9. The van der Waals surface area contributed by atoms with E-state index in [9.17, 15) is 13.2 Å². The molecular weight excluding hydrogens is 360 g/mol. The predicted octanol–water partition coefficient (Wildman–Crippen LogP) is 2.74. The van der Waals surface area contributed by atoms with Crippen molar-refractivity contribution in [3.63, 3.8) is 0 Å². The number of amides is 1. The van der Waals surface area contributed by atoms with E-state index in [1.807, 2.05) is 42.5 Å². The van der Waals surface area contributed by atoms with Crippen molar-refractivity contribution in [2.75, 3.05) is 18.1 Å². The van der Waals surface area contributed by atoms with E-state index in [0.717, 1.165) is 30.4 Å². The number of carbonyl (C=O) groups is 1. The highest BCUT2D eigenvalue weighted by molar-refractivity contribution is 7.91. The summed E-state index contributed by atoms with van der Waals surface area (Å²) < 4.78 is 23.1. The highest BCUT2D eigenvalue weighted by atomic mass is 32.2. The third kappa shape index (κ3) is 5.89. The third-order valence-corrected chi connectivity index (χ3v) is 6.96. The summed E-state index contributed by atoms with van der Waals surface area (Å²) in [7, 11) is -2.83. The van der Waals surface area contributed by atoms with Gasteiger partial charge in [0.2, 0.25) is 5.91 Å². The monoisotopic (exact) mass is 386 g/mol. The van der Waals surface area contributed by atoms with Crippen LogP contribution in [0.4, 0.5) is 0 Å². The highest BCUT2D eigenvalue weighted by Crippen LogP contribution is 2.23. The second-order valence-corrected chi connectivity index (χ2v) is 9.45. The smallest absolute Gasteiger partial charge is 0.227 e. The predicted molar refractivity (Wildman–Crippen MR) is 106 cm³/mol. The third-order valence-electron chi connectivity index (χ3n) is 5.12. The van der Waals surface area contributed by atoms with Crippen LogP contribution in [-0.2, 0) is 21.1 Å². The molecule has 27 heavy (non-hydrogen) atoms. The fourth-order valence-corrected chi connectivity index (χ4v) is 5.54. The molecule has 0 spiro atoms. The minimum Gasteiger partial charge on any atom is -0.356 e. The van der Waals surface area contributed by atoms with Crippen molar-refractivity contribution in [1.29, 1.82) is 0 Å². The van der Waals surface area contributed by atoms with Gasteiger partial charge in [-0.05, 0) is 54.9 Å². The van der Waals surface area contributed by atoms with Crippen molar-refractivity contribution >= 4 is 15.7 Å². The minimum absolute atomic E-state index is 0.0112. The summed E-state index contributed by atoms with van der Waals surface area (Å²) in [5, 5.41) is 3.04. The summed E-state index contributed by atoms with van der Waals surface area (Å²) in [5.41, 5.74) is 2.07. The lowest BCUT2D eigenvalue weighted by molar-refractivity contribution is -0.122. The van der Waals surface area contributed by atoms with Gasteiger partial charge in [-0.3, -0.25) is 9.78 Å². The van der Waals surface area contributed by atoms with Crippen LogP contribution in [0.5, 0.6) is 0 Å². The van der Waals surface area contributed by atoms with Crippen LogP contribution >= 0.6 is 0 Å². The van der Waals surface area contributed by atoms with Crippen LogP contribution in [0, 0.1) is 5.92 Å². The van der Waals surface area contributed by atoms with Crippen LogP contribution in [0.1, 0.15) is 36.3 Å². The zero-order valence-corrected chi connectivity index (χ0v) is 16.2. The zero-order valence-electron chi connectivity index (χ0n) is 15.4. The molecule has 1 aromatic carbocycles. The molecule has 5 nitrogen and oxygen atoms in total. The summed E-state index contributed by atoms with van der Waals surface area (Å²) in [5.74, 6) is 0.618. The molecule has 2 heterocycles. The summed E-state index contributed by atoms with van der Waals surface area (Å²) in [6.45, 7) is 0.578. The maximum atomic E-state index is 12.8. The van der Waals surface area contributed by atoms with E-state index in [4.69, 9.17) is 0 Å². The fraction of sp³-hybridized carbons (Fsp3) is 0.429. The minimum atomic E-state index is -2.83. The number of benzene rings is 1. The van der Waals surface area contributed by atoms with Gasteiger partial charge in [0, 0.05) is 18.9 Å². The Hall–Kier alpha value is -2.21. The SMILES string of the molecule is O=C(NCCCC1CCS(=O)(=O)C1)C(Cc1ccncc1)c1ccccc1. The topological polar surface area (TPSA) is 76.1 Å². The van der Waals surface area contributed by atoms with Crippen LogP contribution in [-0.4, -0.2) is 37.4 Å². The maximum Gasteiger partial charge on any atom is 0.227 e. The van der Waals surface area contributed by atoms with Crippen molar-refractivity contribution in [2.45, 2.75) is 31.6 Å². The molecule has 2 aromatic rings. The standard InChI is InChI=1S/C21H26N2O3S/c24-21(23-11-4-5-18-10-14-27(25,26)16-18)20(19-6-2-1-3-7-19)15-17-8-12-22-13-9-17/h1-3,6-9,12-13,18,20H,4-5,10-11,14-16H2,(H,23,24). The molecule has 1 aromatic heterocycles. The van der Waals surface area contributed by atoms with Crippen LogP contribution < -0.4 is 5.32 Å². The average molecular weight is 387 g/mol. The quantitative estimate of drug-likeness (QED) is 0.708. The number of pyridine rings is 1. The Bertz CT molecular complexity index is 838. The molecule has 3 rings (SSSR count). The Kier molecular flexibility index (Phi) is 6.61. The molecule has 1 aliphatic rings. The second kappa shape index (κ2) is 9.13. The molecule has 6 heteroatoms. The van der Waals surface area contributed by atoms with Crippen molar-refractivity contribution in [3.8, 4) is 0 Å². The lowest BCUT2D eigenvalue weighted by atomic mass is 9.91. The molecule has 1 saturated heterocycles. The zero-order chi connectivity index (χ0) is 19.1. The van der Waals surface area contributed by atoms with E-state index in [-0.39, 0.29) is 17.7 Å². The largest absolute Gasteiger partial charge is 0.356 e. The first-order chi connectivity index (χ1) is 13.0. The summed E-state index contributed by atoms with van der Waals surface area (Å²) in [6.07, 6.45) is 6.52. The van der Waals surface area contributed by atoms with Crippen molar-refractivity contribution in [1.82, 2.24) is 10.3 Å². The molecule has 1 aliphatic heterocycles. The van der Waals surface area contributed by atoms with Gasteiger partial charge in [-0.1, -0.05) is 30.3 Å². The van der Waals surface area contributed by atoms with E-state index in [0.29, 0.717) is 24.5 Å². The number of carbonyl (C=O) groups excluding carboxylic acids is 1. The molecule has 0 saturated carbocycles. The fourth-order valence-electron chi connectivity index (χ4n) is 3.63. The van der Waals surface area contributed by atoms with Gasteiger partial charge in [-0.2, -0.15) is 0 Å². The van der Waals surface area contributed by atoms with Gasteiger partial charge < -0.3 is 5.32 Å². The number of rotatable bonds is 8. The van der Waals surface area contributed by atoms with Crippen LogP contribution in [0.3, 0.4) is 0 Å². The first-order valence-electron chi connectivity index (χ1n) is 9.45. The molecule has 2 atom stereocenters. The van der Waals surface area contributed by atoms with E-state index >= 15 is 0 Å². The molecular formula is C21H26N2O3S. The van der Waals surface area contributed by atoms with E-state index in [1.165, 1.54) is 0 Å². The number of aromatic nitrogens is 1. The number of sulfone groups is 1. The van der Waals surface area contributed by atoms with E-state index in [1.54, 1.807) is 12.4 Å². The molecule has 144 valence electrons. The van der Waals surface area contributed by atoms with Gasteiger partial charge in [0.1, 0.15) is 0 Å². The average Bonchev–Trinajstić information content (AvgIpc) is 3.03. The first-order valence-corrected chi connectivity index (χ1v) is 11.3. The van der Waals surface area contributed by atoms with Crippen LogP contribution in [0.15, 0.2) is 54.9 Å². The highest BCUT2D eigenvalue weighted by Gasteiger charge is 2.27. The van der Waals surface area contributed by atoms with Crippen LogP contribution in [0.25, 0.3) is 0 Å². The van der Waals surface area contributed by atoms with E-state index in [2.05, 4.69) is 10.3 Å². The summed E-state index contributed by atoms with van der Waals surface area (Å²) in [6, 6.07) is 13.7. The molecule has 2 unspecified atom stereocenters. The molecule has 0 aliphatic carbocycles. The van der Waals surface area contributed by atoms with Crippen molar-refractivity contribution in [2.24, 2.45) is 5.92 Å². The van der Waals surface area contributed by atoms with Crippen LogP contribution in [0.2, 0.25) is 0 Å². The van der Waals surface area contributed by atoms with Crippen molar-refractivity contribution in [3.05, 3.63) is 66.0 Å². The molecule has 1 fully saturated rings. The number of nitrogens with one attached hydrogen (secondary N) is 1. The number of nitrogens with zero attached hydrogens (tertiary/aromatic N) is 1. The molecule has 1 N–H and O–H groups in total. The van der Waals surface area contributed by atoms with Gasteiger partial charge >= 0.3 is 0 Å². The number of hydrogen-bond donors (Lipinski definition) is 1. The van der Waals surface area contributed by atoms with Crippen molar-refractivity contribution < 1.29 is 13.2 Å². The van der Waals surface area contributed by atoms with Gasteiger partial charge in [0.15, 0.2) is 9.84 Å². The van der Waals surface area contributed by atoms with E-state index < -0.39 is 9.84 Å². The Balaban J connectivity index is 1.55. The first kappa shape index (κ1) is 19.5. The maximum absolute atomic E-state index is 12.8. The second-order valence-electron chi connectivity index (χ2n) is 7.23. The Morgan fingerprint density at radius 3 is 2.56 bits per heavy atom. The molecule has 0 bridgehead atoms. The Morgan fingerprint density at radius 2 is 1.89 bits per heavy atom. The number of hydrogen-bond acceptors (Lipinski definition) is 4.